The Kier molecular flexibility index (Phi) is 2.63. The topological polar surface area (TPSA) is 30.7 Å². The van der Waals surface area contributed by atoms with E-state index in [1.165, 1.54) is 11.1 Å². The molecular formula is C13H14ClN3. The molecule has 1 aromatic heterocycles. The Balaban J connectivity index is 1.80. The molecule has 4 heteroatoms. The van der Waals surface area contributed by atoms with E-state index in [1.54, 1.807) is 4.68 Å². The molecule has 88 valence electrons. The standard InChI is InChI=1S/C13H14ClN3/c1-17-8-11(15-16-17)7-10-6-9-4-2-3-5-12(9)13(10)14/h2-5,8,10,13H,6-7H2,1H3. The summed E-state index contributed by atoms with van der Waals surface area (Å²) in [6, 6.07) is 8.43. The van der Waals surface area contributed by atoms with E-state index in [2.05, 4.69) is 34.6 Å². The average molecular weight is 248 g/mol. The van der Waals surface area contributed by atoms with Gasteiger partial charge in [0.05, 0.1) is 11.1 Å². The summed E-state index contributed by atoms with van der Waals surface area (Å²) in [5, 5.41) is 8.19. The van der Waals surface area contributed by atoms with Crippen LogP contribution in [0.25, 0.3) is 0 Å². The Labute approximate surface area is 105 Å². The minimum absolute atomic E-state index is 0.105. The number of hydrogen-bond acceptors (Lipinski definition) is 2. The molecule has 2 atom stereocenters. The molecular weight excluding hydrogens is 234 g/mol. The second-order valence-electron chi connectivity index (χ2n) is 4.65. The number of halogens is 1. The van der Waals surface area contributed by atoms with Gasteiger partial charge in [-0.05, 0) is 29.9 Å². The summed E-state index contributed by atoms with van der Waals surface area (Å²) in [4.78, 5) is 0. The highest BCUT2D eigenvalue weighted by Crippen LogP contribution is 2.41. The van der Waals surface area contributed by atoms with E-state index >= 15 is 0 Å². The van der Waals surface area contributed by atoms with Gasteiger partial charge >= 0.3 is 0 Å². The van der Waals surface area contributed by atoms with Crippen molar-refractivity contribution >= 4 is 11.6 Å². The van der Waals surface area contributed by atoms with E-state index in [-0.39, 0.29) is 5.38 Å². The average Bonchev–Trinajstić information content (AvgIpc) is 2.86. The lowest BCUT2D eigenvalue weighted by Gasteiger charge is -2.11. The van der Waals surface area contributed by atoms with Gasteiger partial charge in [-0.1, -0.05) is 29.5 Å². The predicted molar refractivity (Wildman–Crippen MR) is 66.9 cm³/mol. The molecule has 2 unspecified atom stereocenters. The van der Waals surface area contributed by atoms with Crippen molar-refractivity contribution < 1.29 is 0 Å². The highest BCUT2D eigenvalue weighted by Gasteiger charge is 2.31. The lowest BCUT2D eigenvalue weighted by atomic mass is 10.0. The van der Waals surface area contributed by atoms with Crippen molar-refractivity contribution in [2.24, 2.45) is 13.0 Å². The quantitative estimate of drug-likeness (QED) is 0.764. The van der Waals surface area contributed by atoms with E-state index < -0.39 is 0 Å². The van der Waals surface area contributed by atoms with Gasteiger partial charge in [0.1, 0.15) is 0 Å². The molecule has 0 amide bonds. The number of rotatable bonds is 2. The van der Waals surface area contributed by atoms with Gasteiger partial charge in [0.25, 0.3) is 0 Å². The summed E-state index contributed by atoms with van der Waals surface area (Å²) in [6.07, 6.45) is 3.91. The molecule has 3 nitrogen and oxygen atoms in total. The van der Waals surface area contributed by atoms with Crippen molar-refractivity contribution in [2.75, 3.05) is 0 Å². The minimum Gasteiger partial charge on any atom is -0.255 e. The van der Waals surface area contributed by atoms with Crippen LogP contribution in [0.2, 0.25) is 0 Å². The fourth-order valence-corrected chi connectivity index (χ4v) is 2.95. The highest BCUT2D eigenvalue weighted by atomic mass is 35.5. The number of aromatic nitrogens is 3. The fraction of sp³-hybridized carbons (Fsp3) is 0.385. The van der Waals surface area contributed by atoms with Gasteiger partial charge < -0.3 is 0 Å². The monoisotopic (exact) mass is 247 g/mol. The van der Waals surface area contributed by atoms with Crippen molar-refractivity contribution in [3.63, 3.8) is 0 Å². The summed E-state index contributed by atoms with van der Waals surface area (Å²) in [6.45, 7) is 0. The largest absolute Gasteiger partial charge is 0.255 e. The van der Waals surface area contributed by atoms with Gasteiger partial charge in [-0.2, -0.15) is 0 Å². The van der Waals surface area contributed by atoms with Crippen LogP contribution in [-0.2, 0) is 19.9 Å². The van der Waals surface area contributed by atoms with E-state index in [1.807, 2.05) is 13.2 Å². The van der Waals surface area contributed by atoms with Crippen LogP contribution in [0.3, 0.4) is 0 Å². The Morgan fingerprint density at radius 1 is 1.41 bits per heavy atom. The van der Waals surface area contributed by atoms with Crippen molar-refractivity contribution in [3.8, 4) is 0 Å². The zero-order chi connectivity index (χ0) is 11.8. The zero-order valence-corrected chi connectivity index (χ0v) is 10.4. The van der Waals surface area contributed by atoms with Crippen LogP contribution in [0, 0.1) is 5.92 Å². The summed E-state index contributed by atoms with van der Waals surface area (Å²) >= 11 is 6.51. The molecule has 0 N–H and O–H groups in total. The maximum atomic E-state index is 6.51. The first-order valence-corrected chi connectivity index (χ1v) is 6.25. The summed E-state index contributed by atoms with van der Waals surface area (Å²) in [7, 11) is 1.89. The molecule has 1 aliphatic carbocycles. The molecule has 0 bridgehead atoms. The first-order chi connectivity index (χ1) is 8.24. The van der Waals surface area contributed by atoms with E-state index in [0.29, 0.717) is 5.92 Å². The number of aryl methyl sites for hydroxylation is 1. The van der Waals surface area contributed by atoms with Gasteiger partial charge in [-0.3, -0.25) is 4.68 Å². The predicted octanol–water partition coefficient (Wildman–Crippen LogP) is 2.51. The first kappa shape index (κ1) is 10.8. The highest BCUT2D eigenvalue weighted by molar-refractivity contribution is 6.21. The van der Waals surface area contributed by atoms with Crippen LogP contribution in [0.4, 0.5) is 0 Å². The zero-order valence-electron chi connectivity index (χ0n) is 9.68. The number of fused-ring (bicyclic) bond motifs is 1. The fourth-order valence-electron chi connectivity index (χ4n) is 2.56. The Morgan fingerprint density at radius 2 is 2.24 bits per heavy atom. The molecule has 3 rings (SSSR count). The van der Waals surface area contributed by atoms with Crippen LogP contribution in [0.15, 0.2) is 30.5 Å². The summed E-state index contributed by atoms with van der Waals surface area (Å²) in [5.41, 5.74) is 3.68. The molecule has 17 heavy (non-hydrogen) atoms. The molecule has 0 saturated carbocycles. The van der Waals surface area contributed by atoms with E-state index in [4.69, 9.17) is 11.6 Å². The molecule has 0 fully saturated rings. The van der Waals surface area contributed by atoms with Crippen LogP contribution >= 0.6 is 11.6 Å². The Hall–Kier alpha value is -1.35. The lowest BCUT2D eigenvalue weighted by molar-refractivity contribution is 0.535. The third-order valence-electron chi connectivity index (χ3n) is 3.37. The Morgan fingerprint density at radius 3 is 2.94 bits per heavy atom. The summed E-state index contributed by atoms with van der Waals surface area (Å²) < 4.78 is 1.74. The van der Waals surface area contributed by atoms with Gasteiger partial charge in [-0.15, -0.1) is 16.7 Å². The SMILES string of the molecule is Cn1cc(CC2Cc3ccccc3C2Cl)nn1. The minimum atomic E-state index is 0.105. The lowest BCUT2D eigenvalue weighted by Crippen LogP contribution is -2.07. The molecule has 2 aromatic rings. The van der Waals surface area contributed by atoms with Crippen LogP contribution in [0.5, 0.6) is 0 Å². The molecule has 0 aliphatic heterocycles. The smallest absolute Gasteiger partial charge is 0.0830 e. The molecule has 1 heterocycles. The molecule has 1 aromatic carbocycles. The second kappa shape index (κ2) is 4.15. The molecule has 0 radical (unpaired) electrons. The Bertz CT molecular complexity index is 535. The van der Waals surface area contributed by atoms with Crippen LogP contribution in [-0.4, -0.2) is 15.0 Å². The second-order valence-corrected chi connectivity index (χ2v) is 5.12. The number of alkyl halides is 1. The number of benzene rings is 1. The van der Waals surface area contributed by atoms with Crippen molar-refractivity contribution in [1.29, 1.82) is 0 Å². The van der Waals surface area contributed by atoms with E-state index in [0.717, 1.165) is 18.5 Å². The van der Waals surface area contributed by atoms with E-state index in [9.17, 15) is 0 Å². The van der Waals surface area contributed by atoms with Crippen LogP contribution < -0.4 is 0 Å². The van der Waals surface area contributed by atoms with Crippen molar-refractivity contribution in [1.82, 2.24) is 15.0 Å². The number of nitrogens with zero attached hydrogens (tertiary/aromatic N) is 3. The van der Waals surface area contributed by atoms with Gasteiger partial charge in [0.2, 0.25) is 0 Å². The van der Waals surface area contributed by atoms with Crippen molar-refractivity contribution in [2.45, 2.75) is 18.2 Å². The normalized spacial score (nSPS) is 22.7. The van der Waals surface area contributed by atoms with Gasteiger partial charge in [0, 0.05) is 13.2 Å². The third kappa shape index (κ3) is 1.95. The third-order valence-corrected chi connectivity index (χ3v) is 3.96. The first-order valence-electron chi connectivity index (χ1n) is 5.81. The maximum absolute atomic E-state index is 6.51. The van der Waals surface area contributed by atoms with Gasteiger partial charge in [0.15, 0.2) is 0 Å². The van der Waals surface area contributed by atoms with Crippen molar-refractivity contribution in [3.05, 3.63) is 47.3 Å². The number of hydrogen-bond donors (Lipinski definition) is 0. The maximum Gasteiger partial charge on any atom is 0.0830 e. The molecule has 0 saturated heterocycles. The molecule has 0 spiro atoms. The molecule has 1 aliphatic rings. The van der Waals surface area contributed by atoms with Crippen LogP contribution in [0.1, 0.15) is 22.2 Å². The van der Waals surface area contributed by atoms with Gasteiger partial charge in [-0.25, -0.2) is 0 Å². The summed E-state index contributed by atoms with van der Waals surface area (Å²) in [5.74, 6) is 0.436.